The molecule has 164 valence electrons. The Morgan fingerprint density at radius 1 is 1.00 bits per heavy atom. The Hall–Kier alpha value is -2.36. The summed E-state index contributed by atoms with van der Waals surface area (Å²) in [5.41, 5.74) is 3.05. The van der Waals surface area contributed by atoms with Crippen molar-refractivity contribution < 1.29 is 9.18 Å². The van der Waals surface area contributed by atoms with Crippen LogP contribution in [0.15, 0.2) is 47.5 Å². The molecule has 8 heteroatoms. The molecule has 0 radical (unpaired) electrons. The molecule has 0 atom stereocenters. The third kappa shape index (κ3) is 7.47. The number of aliphatic imine (C=N–C) groups is 1. The molecule has 2 aromatic carbocycles. The molecule has 0 bridgehead atoms. The molecule has 2 rings (SSSR count). The van der Waals surface area contributed by atoms with Gasteiger partial charge in [0.25, 0.3) is 5.91 Å². The number of rotatable bonds is 7. The van der Waals surface area contributed by atoms with Gasteiger partial charge in [0, 0.05) is 46.8 Å². The first-order valence-corrected chi connectivity index (χ1v) is 9.60. The topological polar surface area (TPSA) is 60.0 Å². The summed E-state index contributed by atoms with van der Waals surface area (Å²) in [6.45, 7) is 3.65. The molecule has 0 aliphatic heterocycles. The van der Waals surface area contributed by atoms with Gasteiger partial charge in [-0.05, 0) is 42.3 Å². The van der Waals surface area contributed by atoms with Gasteiger partial charge in [-0.1, -0.05) is 18.2 Å². The second-order valence-electron chi connectivity index (χ2n) is 7.13. The van der Waals surface area contributed by atoms with Crippen LogP contribution in [0.25, 0.3) is 0 Å². The van der Waals surface area contributed by atoms with Crippen molar-refractivity contribution in [3.8, 4) is 0 Å². The molecule has 0 saturated heterocycles. The molecule has 0 fully saturated rings. The van der Waals surface area contributed by atoms with Crippen molar-refractivity contribution in [1.82, 2.24) is 15.5 Å². The predicted molar refractivity (Wildman–Crippen MR) is 132 cm³/mol. The fourth-order valence-corrected chi connectivity index (χ4v) is 2.73. The number of anilines is 1. The SMILES string of the molecule is CCNC(=NCc1ccc(N(C)C)c(F)c1)NCc1ccc(C(=O)N(C)C)cc1.I. The van der Waals surface area contributed by atoms with E-state index < -0.39 is 0 Å². The van der Waals surface area contributed by atoms with E-state index in [1.807, 2.05) is 51.4 Å². The van der Waals surface area contributed by atoms with Crippen LogP contribution in [0.1, 0.15) is 28.4 Å². The molecule has 0 spiro atoms. The molecule has 2 N–H and O–H groups in total. The molecular formula is C22H31FIN5O. The summed E-state index contributed by atoms with van der Waals surface area (Å²) >= 11 is 0. The van der Waals surface area contributed by atoms with Gasteiger partial charge in [0.15, 0.2) is 5.96 Å². The summed E-state index contributed by atoms with van der Waals surface area (Å²) in [7, 11) is 7.09. The first-order valence-electron chi connectivity index (χ1n) is 9.60. The van der Waals surface area contributed by atoms with E-state index in [2.05, 4.69) is 15.6 Å². The standard InChI is InChI=1S/C22H30FN5O.HI/c1-6-24-22(26-15-17-9-12-20(27(2)3)19(23)13-17)25-14-16-7-10-18(11-8-16)21(29)28(4)5;/h7-13H,6,14-15H2,1-5H3,(H2,24,25,26);1H. The lowest BCUT2D eigenvalue weighted by Crippen LogP contribution is -2.36. The molecule has 0 aromatic heterocycles. The lowest BCUT2D eigenvalue weighted by Gasteiger charge is -2.14. The van der Waals surface area contributed by atoms with Crippen molar-refractivity contribution in [2.75, 3.05) is 39.6 Å². The first-order chi connectivity index (χ1) is 13.8. The molecule has 0 unspecified atom stereocenters. The summed E-state index contributed by atoms with van der Waals surface area (Å²) < 4.78 is 14.1. The summed E-state index contributed by atoms with van der Waals surface area (Å²) in [5.74, 6) is 0.373. The quantitative estimate of drug-likeness (QED) is 0.329. The number of amides is 1. The van der Waals surface area contributed by atoms with Crippen molar-refractivity contribution in [3.05, 3.63) is 65.0 Å². The second kappa shape index (κ2) is 12.4. The van der Waals surface area contributed by atoms with Crippen LogP contribution in [0, 0.1) is 5.82 Å². The number of nitrogens with one attached hydrogen (secondary N) is 2. The van der Waals surface area contributed by atoms with Crippen LogP contribution >= 0.6 is 24.0 Å². The average Bonchev–Trinajstić information content (AvgIpc) is 2.69. The summed E-state index contributed by atoms with van der Waals surface area (Å²) in [6.07, 6.45) is 0. The maximum absolute atomic E-state index is 14.1. The van der Waals surface area contributed by atoms with Gasteiger partial charge in [-0.3, -0.25) is 4.79 Å². The first kappa shape index (κ1) is 25.7. The van der Waals surface area contributed by atoms with Crippen LogP contribution in [0.4, 0.5) is 10.1 Å². The highest BCUT2D eigenvalue weighted by molar-refractivity contribution is 14.0. The lowest BCUT2D eigenvalue weighted by molar-refractivity contribution is 0.0827. The minimum absolute atomic E-state index is 0. The number of guanidine groups is 1. The Morgan fingerprint density at radius 3 is 2.17 bits per heavy atom. The van der Waals surface area contributed by atoms with Crippen molar-refractivity contribution in [3.63, 3.8) is 0 Å². The van der Waals surface area contributed by atoms with Crippen LogP contribution in [-0.2, 0) is 13.1 Å². The third-order valence-electron chi connectivity index (χ3n) is 4.32. The fraction of sp³-hybridized carbons (Fsp3) is 0.364. The number of carbonyl (C=O) groups is 1. The van der Waals surface area contributed by atoms with Gasteiger partial charge in [0.05, 0.1) is 12.2 Å². The smallest absolute Gasteiger partial charge is 0.253 e. The molecule has 0 aliphatic carbocycles. The van der Waals surface area contributed by atoms with E-state index in [4.69, 9.17) is 0 Å². The Balaban J connectivity index is 0.00000450. The molecule has 1 amide bonds. The van der Waals surface area contributed by atoms with Gasteiger partial charge in [0.2, 0.25) is 0 Å². The number of hydrogen-bond acceptors (Lipinski definition) is 3. The largest absolute Gasteiger partial charge is 0.375 e. The fourth-order valence-electron chi connectivity index (χ4n) is 2.73. The van der Waals surface area contributed by atoms with Crippen LogP contribution in [0.3, 0.4) is 0 Å². The predicted octanol–water partition coefficient (Wildman–Crippen LogP) is 3.47. The van der Waals surface area contributed by atoms with Crippen molar-refractivity contribution in [1.29, 1.82) is 0 Å². The normalized spacial score (nSPS) is 10.8. The zero-order chi connectivity index (χ0) is 21.4. The third-order valence-corrected chi connectivity index (χ3v) is 4.32. The maximum Gasteiger partial charge on any atom is 0.253 e. The second-order valence-corrected chi connectivity index (χ2v) is 7.13. The van der Waals surface area contributed by atoms with E-state index in [9.17, 15) is 9.18 Å². The minimum atomic E-state index is -0.256. The van der Waals surface area contributed by atoms with Crippen molar-refractivity contribution in [2.24, 2.45) is 4.99 Å². The Morgan fingerprint density at radius 2 is 1.63 bits per heavy atom. The van der Waals surface area contributed by atoms with E-state index in [1.165, 1.54) is 6.07 Å². The van der Waals surface area contributed by atoms with E-state index in [0.29, 0.717) is 30.3 Å². The van der Waals surface area contributed by atoms with Crippen LogP contribution < -0.4 is 15.5 Å². The summed E-state index contributed by atoms with van der Waals surface area (Å²) in [4.78, 5) is 19.8. The van der Waals surface area contributed by atoms with Crippen molar-refractivity contribution in [2.45, 2.75) is 20.0 Å². The van der Waals surface area contributed by atoms with Gasteiger partial charge in [-0.15, -0.1) is 24.0 Å². The van der Waals surface area contributed by atoms with Crippen LogP contribution in [0.5, 0.6) is 0 Å². The Kier molecular flexibility index (Phi) is 10.6. The molecule has 6 nitrogen and oxygen atoms in total. The highest BCUT2D eigenvalue weighted by atomic mass is 127. The molecule has 2 aromatic rings. The Labute approximate surface area is 195 Å². The van der Waals surface area contributed by atoms with E-state index in [-0.39, 0.29) is 35.7 Å². The van der Waals surface area contributed by atoms with Crippen LogP contribution in [-0.4, -0.2) is 51.5 Å². The Bertz CT molecular complexity index is 853. The van der Waals surface area contributed by atoms with Gasteiger partial charge in [-0.2, -0.15) is 0 Å². The molecular weight excluding hydrogens is 496 g/mol. The van der Waals surface area contributed by atoms with Crippen molar-refractivity contribution >= 4 is 41.5 Å². The van der Waals surface area contributed by atoms with E-state index >= 15 is 0 Å². The van der Waals surface area contributed by atoms with E-state index in [1.54, 1.807) is 30.0 Å². The summed E-state index contributed by atoms with van der Waals surface area (Å²) in [5, 5.41) is 6.45. The highest BCUT2D eigenvalue weighted by Crippen LogP contribution is 2.18. The number of carbonyl (C=O) groups excluding carboxylic acids is 1. The summed E-state index contributed by atoms with van der Waals surface area (Å²) in [6, 6.07) is 12.6. The minimum Gasteiger partial charge on any atom is -0.375 e. The zero-order valence-electron chi connectivity index (χ0n) is 18.2. The van der Waals surface area contributed by atoms with Gasteiger partial charge in [-0.25, -0.2) is 9.38 Å². The van der Waals surface area contributed by atoms with Crippen LogP contribution in [0.2, 0.25) is 0 Å². The molecule has 0 aliphatic rings. The van der Waals surface area contributed by atoms with Gasteiger partial charge < -0.3 is 20.4 Å². The zero-order valence-corrected chi connectivity index (χ0v) is 20.5. The van der Waals surface area contributed by atoms with E-state index in [0.717, 1.165) is 17.7 Å². The number of nitrogens with zero attached hydrogens (tertiary/aromatic N) is 3. The number of benzene rings is 2. The number of hydrogen-bond donors (Lipinski definition) is 2. The highest BCUT2D eigenvalue weighted by Gasteiger charge is 2.08. The number of halogens is 2. The lowest BCUT2D eigenvalue weighted by atomic mass is 10.1. The average molecular weight is 527 g/mol. The molecule has 0 heterocycles. The molecule has 0 saturated carbocycles. The van der Waals surface area contributed by atoms with Gasteiger partial charge >= 0.3 is 0 Å². The molecule has 30 heavy (non-hydrogen) atoms. The monoisotopic (exact) mass is 527 g/mol. The maximum atomic E-state index is 14.1. The van der Waals surface area contributed by atoms with Gasteiger partial charge in [0.1, 0.15) is 5.82 Å².